The van der Waals surface area contributed by atoms with Gasteiger partial charge in [-0.2, -0.15) is 4.98 Å². The molecule has 1 aromatic heterocycles. The molecule has 2 aromatic rings. The van der Waals surface area contributed by atoms with Gasteiger partial charge in [-0.25, -0.2) is 13.6 Å². The molecule has 0 aliphatic rings. The van der Waals surface area contributed by atoms with Crippen molar-refractivity contribution in [3.63, 3.8) is 0 Å². The lowest BCUT2D eigenvalue weighted by molar-refractivity contribution is 0.249. The number of carbonyl (C=O) groups is 1. The summed E-state index contributed by atoms with van der Waals surface area (Å²) in [6.07, 6.45) is 0.546. The van der Waals surface area contributed by atoms with Gasteiger partial charge in [0.25, 0.3) is 5.56 Å². The largest absolute Gasteiger partial charge is 0.472 e. The first-order valence-electron chi connectivity index (χ1n) is 8.86. The lowest BCUT2D eigenvalue weighted by Gasteiger charge is -2.19. The van der Waals surface area contributed by atoms with Crippen molar-refractivity contribution in [2.45, 2.75) is 32.9 Å². The molecular weight excluding hydrogens is 452 g/mol. The number of ether oxygens (including phenoxy) is 1. The number of aromatic nitrogens is 2. The molecule has 0 fully saturated rings. The number of nitrogens with zero attached hydrogens (tertiary/aromatic N) is 2. The number of nitrogens with two attached hydrogens (primary N) is 1. The Morgan fingerprint density at radius 3 is 2.69 bits per heavy atom. The number of amides is 2. The molecule has 1 aromatic carbocycles. The Labute approximate surface area is 174 Å². The maximum atomic E-state index is 13.8. The Kier molecular flexibility index (Phi) is 7.94. The van der Waals surface area contributed by atoms with Crippen molar-refractivity contribution in [3.05, 3.63) is 50.2 Å². The number of urea groups is 1. The number of hydrogen-bond acceptors (Lipinski definition) is 5. The zero-order valence-corrected chi connectivity index (χ0v) is 17.6. The second kappa shape index (κ2) is 10.2. The zero-order valence-electron chi connectivity index (χ0n) is 16.0. The Morgan fingerprint density at radius 1 is 1.34 bits per heavy atom. The van der Waals surface area contributed by atoms with Gasteiger partial charge in [0.05, 0.1) is 0 Å². The van der Waals surface area contributed by atoms with Gasteiger partial charge in [-0.3, -0.25) is 9.36 Å². The summed E-state index contributed by atoms with van der Waals surface area (Å²) in [5, 5.41) is 5.49. The molecule has 1 heterocycles. The van der Waals surface area contributed by atoms with Crippen LogP contribution < -0.4 is 26.7 Å². The fourth-order valence-corrected chi connectivity index (χ4v) is 2.87. The maximum absolute atomic E-state index is 13.8. The molecule has 4 N–H and O–H groups in total. The van der Waals surface area contributed by atoms with E-state index in [-0.39, 0.29) is 40.1 Å². The molecule has 0 unspecified atom stereocenters. The first kappa shape index (κ1) is 22.6. The highest BCUT2D eigenvalue weighted by molar-refractivity contribution is 9.10. The van der Waals surface area contributed by atoms with E-state index in [4.69, 9.17) is 10.5 Å². The molecule has 0 saturated carbocycles. The van der Waals surface area contributed by atoms with Crippen LogP contribution in [0, 0.1) is 11.6 Å². The fraction of sp³-hybridized carbons (Fsp3) is 0.389. The molecule has 11 heteroatoms. The minimum absolute atomic E-state index is 0.0200. The van der Waals surface area contributed by atoms with Crippen LogP contribution in [0.15, 0.2) is 27.5 Å². The van der Waals surface area contributed by atoms with Gasteiger partial charge in [-0.15, -0.1) is 0 Å². The molecule has 0 radical (unpaired) electrons. The van der Waals surface area contributed by atoms with Crippen LogP contribution in [0.3, 0.4) is 0 Å². The van der Waals surface area contributed by atoms with Gasteiger partial charge in [-0.1, -0.05) is 0 Å². The summed E-state index contributed by atoms with van der Waals surface area (Å²) in [5.41, 5.74) is 4.76. The van der Waals surface area contributed by atoms with Crippen LogP contribution in [0.5, 0.6) is 5.88 Å². The molecule has 0 aliphatic heterocycles. The molecule has 0 atom stereocenters. The Bertz CT molecular complexity index is 936. The van der Waals surface area contributed by atoms with Crippen molar-refractivity contribution in [2.75, 3.05) is 18.4 Å². The summed E-state index contributed by atoms with van der Waals surface area (Å²) in [6, 6.07) is 2.33. The van der Waals surface area contributed by atoms with Crippen LogP contribution in [-0.2, 0) is 6.61 Å². The maximum Gasteiger partial charge on any atom is 0.312 e. The van der Waals surface area contributed by atoms with Crippen LogP contribution in [0.1, 0.15) is 31.9 Å². The van der Waals surface area contributed by atoms with Gasteiger partial charge in [0.2, 0.25) is 11.8 Å². The van der Waals surface area contributed by atoms with Crippen molar-refractivity contribution in [1.82, 2.24) is 14.9 Å². The third-order valence-electron chi connectivity index (χ3n) is 3.86. The Morgan fingerprint density at radius 2 is 2.07 bits per heavy atom. The second-order valence-corrected chi connectivity index (χ2v) is 7.21. The average molecular weight is 474 g/mol. The monoisotopic (exact) mass is 473 g/mol. The highest BCUT2D eigenvalue weighted by Gasteiger charge is 2.18. The molecule has 0 saturated heterocycles. The van der Waals surface area contributed by atoms with Crippen molar-refractivity contribution in [1.29, 1.82) is 0 Å². The standard InChI is InChI=1S/C18H22BrF2N5O3/c1-10(2)26-16(27)14(19)15(25-18(26)24-7-3-6-23-17(22)28)29-9-11-4-5-12(20)8-13(11)21/h4-5,8,10H,3,6-7,9H2,1-2H3,(H,24,25)(H3,22,23,28). The predicted octanol–water partition coefficient (Wildman–Crippen LogP) is 2.91. The van der Waals surface area contributed by atoms with Gasteiger partial charge in [0.15, 0.2) is 0 Å². The highest BCUT2D eigenvalue weighted by atomic mass is 79.9. The van der Waals surface area contributed by atoms with Crippen LogP contribution >= 0.6 is 15.9 Å². The van der Waals surface area contributed by atoms with E-state index in [0.29, 0.717) is 19.5 Å². The molecule has 2 rings (SSSR count). The molecule has 158 valence electrons. The van der Waals surface area contributed by atoms with Crippen molar-refractivity contribution < 1.29 is 18.3 Å². The molecule has 0 aliphatic carbocycles. The van der Waals surface area contributed by atoms with Gasteiger partial charge in [-0.05, 0) is 48.3 Å². The third-order valence-corrected chi connectivity index (χ3v) is 4.54. The van der Waals surface area contributed by atoms with Crippen LogP contribution in [0.2, 0.25) is 0 Å². The number of rotatable bonds is 9. The molecule has 2 amide bonds. The van der Waals surface area contributed by atoms with Crippen molar-refractivity contribution >= 4 is 27.9 Å². The van der Waals surface area contributed by atoms with E-state index >= 15 is 0 Å². The summed E-state index contributed by atoms with van der Waals surface area (Å²) >= 11 is 3.18. The minimum Gasteiger partial charge on any atom is -0.472 e. The number of halogens is 3. The van der Waals surface area contributed by atoms with Crippen LogP contribution in [0.25, 0.3) is 0 Å². The van der Waals surface area contributed by atoms with E-state index in [1.165, 1.54) is 10.6 Å². The number of primary amides is 1. The first-order chi connectivity index (χ1) is 13.7. The normalized spacial score (nSPS) is 10.8. The fourth-order valence-electron chi connectivity index (χ4n) is 2.48. The van der Waals surface area contributed by atoms with Gasteiger partial charge >= 0.3 is 6.03 Å². The number of carbonyl (C=O) groups excluding carboxylic acids is 1. The van der Waals surface area contributed by atoms with Crippen molar-refractivity contribution in [2.24, 2.45) is 5.73 Å². The summed E-state index contributed by atoms with van der Waals surface area (Å²) in [4.78, 5) is 27.7. The Hall–Kier alpha value is -2.69. The van der Waals surface area contributed by atoms with E-state index in [9.17, 15) is 18.4 Å². The van der Waals surface area contributed by atoms with Gasteiger partial charge < -0.3 is 21.1 Å². The molecule has 8 nitrogen and oxygen atoms in total. The number of nitrogens with one attached hydrogen (secondary N) is 2. The second-order valence-electron chi connectivity index (χ2n) is 6.42. The van der Waals surface area contributed by atoms with Crippen molar-refractivity contribution in [3.8, 4) is 5.88 Å². The summed E-state index contributed by atoms with van der Waals surface area (Å²) in [6.45, 7) is 4.18. The smallest absolute Gasteiger partial charge is 0.312 e. The minimum atomic E-state index is -0.753. The summed E-state index contributed by atoms with van der Waals surface area (Å²) < 4.78 is 33.9. The summed E-state index contributed by atoms with van der Waals surface area (Å²) in [7, 11) is 0. The first-order valence-corrected chi connectivity index (χ1v) is 9.66. The molecule has 0 bridgehead atoms. The van der Waals surface area contributed by atoms with E-state index in [1.54, 1.807) is 0 Å². The number of benzene rings is 1. The zero-order chi connectivity index (χ0) is 21.6. The topological polar surface area (TPSA) is 111 Å². The number of hydrogen-bond donors (Lipinski definition) is 3. The Balaban J connectivity index is 2.20. The quantitative estimate of drug-likeness (QED) is 0.484. The lowest BCUT2D eigenvalue weighted by atomic mass is 10.2. The SMILES string of the molecule is CC(C)n1c(NCCCNC(N)=O)nc(OCc2ccc(F)cc2F)c(Br)c1=O. The van der Waals surface area contributed by atoms with Gasteiger partial charge in [0.1, 0.15) is 22.7 Å². The highest BCUT2D eigenvalue weighted by Crippen LogP contribution is 2.24. The molecule has 0 spiro atoms. The van der Waals surface area contributed by atoms with E-state index in [1.807, 2.05) is 13.8 Å². The molecular formula is C18H22BrF2N5O3. The average Bonchev–Trinajstić information content (AvgIpc) is 2.63. The van der Waals surface area contributed by atoms with Crippen LogP contribution in [0.4, 0.5) is 19.5 Å². The van der Waals surface area contributed by atoms with Gasteiger partial charge in [0, 0.05) is 30.8 Å². The molecule has 29 heavy (non-hydrogen) atoms. The third kappa shape index (κ3) is 6.14. The van der Waals surface area contributed by atoms with E-state index in [2.05, 4.69) is 31.5 Å². The van der Waals surface area contributed by atoms with E-state index in [0.717, 1.165) is 12.1 Å². The summed E-state index contributed by atoms with van der Waals surface area (Å²) in [5.74, 6) is -1.20. The lowest BCUT2D eigenvalue weighted by Crippen LogP contribution is -2.31. The predicted molar refractivity (Wildman–Crippen MR) is 108 cm³/mol. The van der Waals surface area contributed by atoms with E-state index < -0.39 is 17.7 Å². The van der Waals surface area contributed by atoms with Crippen LogP contribution in [-0.4, -0.2) is 28.7 Å². The number of anilines is 1.